The van der Waals surface area contributed by atoms with E-state index in [0.29, 0.717) is 19.5 Å². The number of nitrogens with zero attached hydrogens (tertiary/aromatic N) is 2. The topological polar surface area (TPSA) is 49.9 Å². The van der Waals surface area contributed by atoms with Gasteiger partial charge >= 0.3 is 170 Å². The molecule has 0 saturated carbocycles. The number of methoxy groups -OCH3 is 1. The van der Waals surface area contributed by atoms with Crippen LogP contribution >= 0.6 is 0 Å². The van der Waals surface area contributed by atoms with Gasteiger partial charge in [0.25, 0.3) is 0 Å². The van der Waals surface area contributed by atoms with Crippen LogP contribution in [0.25, 0.3) is 0 Å². The van der Waals surface area contributed by atoms with Crippen molar-refractivity contribution in [1.29, 1.82) is 0 Å². The number of carbonyl (C=O) groups excluding carboxylic acids is 2. The molecule has 2 unspecified atom stereocenters. The number of esters is 1. The Morgan fingerprint density at radius 2 is 2.04 bits per heavy atom. The number of hydrogen-bond donors (Lipinski definition) is 0. The van der Waals surface area contributed by atoms with Crippen molar-refractivity contribution in [2.24, 2.45) is 0 Å². The summed E-state index contributed by atoms with van der Waals surface area (Å²) in [6.07, 6.45) is 1.37. The van der Waals surface area contributed by atoms with E-state index in [4.69, 9.17) is 4.74 Å². The van der Waals surface area contributed by atoms with Gasteiger partial charge in [-0.05, 0) is 12.1 Å². The zero-order valence-electron chi connectivity index (χ0n) is 15.4. The van der Waals surface area contributed by atoms with E-state index in [1.165, 1.54) is 19.2 Å². The first-order valence-corrected chi connectivity index (χ1v) is 13.1. The number of piperidine rings is 1. The Labute approximate surface area is 191 Å². The van der Waals surface area contributed by atoms with E-state index < -0.39 is 6.04 Å². The van der Waals surface area contributed by atoms with Crippen LogP contribution in [0.3, 0.4) is 0 Å². The van der Waals surface area contributed by atoms with E-state index in [1.54, 1.807) is 17.0 Å². The zero-order chi connectivity index (χ0) is 20.0. The van der Waals surface area contributed by atoms with Crippen LogP contribution in [-0.4, -0.2) is 113 Å². The minimum atomic E-state index is -0.515. The number of amides is 1. The standard InChI is InChI=1S/C19H21FN2O3.2Pb/c1-14(23)22-12-10-17(13-18(22)19(24)25-3)21(2)11-4-5-15-6-8-16(20)9-7-15;;/h1,6-9,17-18H,10-13H2,2-3H3;;. The fraction of sp³-hybridized carbons (Fsp3) is 0.474. The van der Waals surface area contributed by atoms with E-state index >= 15 is 0 Å². The van der Waals surface area contributed by atoms with Gasteiger partial charge in [-0.1, -0.05) is 0 Å². The molecule has 0 bridgehead atoms. The summed E-state index contributed by atoms with van der Waals surface area (Å²) in [5, 5.41) is 0. The van der Waals surface area contributed by atoms with Gasteiger partial charge in [0.15, 0.2) is 0 Å². The summed E-state index contributed by atoms with van der Waals surface area (Å²) in [5.41, 5.74) is 0.767. The van der Waals surface area contributed by atoms with Crippen LogP contribution in [0.2, 0.25) is 1.04 Å². The summed E-state index contributed by atoms with van der Waals surface area (Å²) in [4.78, 5) is 28.5. The maximum atomic E-state index is 12.9. The number of rotatable bonds is 4. The molecule has 6 radical (unpaired) electrons. The van der Waals surface area contributed by atoms with E-state index in [9.17, 15) is 14.0 Å². The third-order valence-corrected chi connectivity index (χ3v) is 6.53. The fourth-order valence-electron chi connectivity index (χ4n) is 3.06. The molecule has 1 fully saturated rings. The molecule has 8 heteroatoms. The number of benzene rings is 1. The molecule has 2 atom stereocenters. The van der Waals surface area contributed by atoms with Crippen LogP contribution in [0.15, 0.2) is 24.3 Å². The van der Waals surface area contributed by atoms with Gasteiger partial charge in [0.1, 0.15) is 5.82 Å². The van der Waals surface area contributed by atoms with Crippen LogP contribution in [0.4, 0.5) is 4.39 Å². The summed E-state index contributed by atoms with van der Waals surface area (Å²) < 4.78 is 18.0. The molecule has 0 aliphatic carbocycles. The normalized spacial score (nSPS) is 19.6. The van der Waals surface area contributed by atoms with E-state index in [0.717, 1.165) is 63.5 Å². The second kappa shape index (κ2) is 10.9. The van der Waals surface area contributed by atoms with Gasteiger partial charge in [0.2, 0.25) is 0 Å². The van der Waals surface area contributed by atoms with Gasteiger partial charge in [-0.15, -0.1) is 0 Å². The Morgan fingerprint density at radius 3 is 2.63 bits per heavy atom. The molecule has 0 aromatic heterocycles. The summed E-state index contributed by atoms with van der Waals surface area (Å²) in [6, 6.07) is 5.72. The summed E-state index contributed by atoms with van der Waals surface area (Å²) >= 11 is 1.64. The van der Waals surface area contributed by atoms with Gasteiger partial charge in [-0.3, -0.25) is 0 Å². The molecule has 0 spiro atoms. The molecule has 1 aliphatic rings. The Balaban J connectivity index is 2.01. The van der Waals surface area contributed by atoms with Crippen molar-refractivity contribution in [3.05, 3.63) is 35.6 Å². The molecule has 1 aromatic carbocycles. The van der Waals surface area contributed by atoms with Crippen molar-refractivity contribution in [3.8, 4) is 11.8 Å². The van der Waals surface area contributed by atoms with E-state index in [2.05, 4.69) is 16.7 Å². The molecule has 0 N–H and O–H groups in total. The van der Waals surface area contributed by atoms with E-state index in [1.807, 2.05) is 7.05 Å². The van der Waals surface area contributed by atoms with Crippen molar-refractivity contribution < 1.29 is 18.7 Å². The van der Waals surface area contributed by atoms with Gasteiger partial charge < -0.3 is 0 Å². The van der Waals surface area contributed by atoms with Crippen LogP contribution in [0, 0.1) is 17.7 Å². The Hall–Kier alpha value is -0.546. The van der Waals surface area contributed by atoms with Crippen LogP contribution in [-0.2, 0) is 14.3 Å². The Bertz CT molecular complexity index is 731. The third kappa shape index (κ3) is 6.49. The molecule has 1 aromatic rings. The van der Waals surface area contributed by atoms with Crippen LogP contribution < -0.4 is 0 Å². The predicted octanol–water partition coefficient (Wildman–Crippen LogP) is 0.725. The van der Waals surface area contributed by atoms with Crippen LogP contribution in [0.1, 0.15) is 18.4 Å². The number of likely N-dealkylation sites (tertiary alicyclic amines) is 1. The number of ether oxygens (including phenoxy) is 1. The fourth-order valence-corrected chi connectivity index (χ4v) is 4.35. The SMILES string of the molecule is COC(=O)C1CC(N(C)CC#Cc2ccc(F)cc2)CCN1C(=O)[CH]([Pb])[Pb]. The van der Waals surface area contributed by atoms with Crippen molar-refractivity contribution in [2.45, 2.75) is 26.0 Å². The summed E-state index contributed by atoms with van der Waals surface area (Å²) in [7, 11) is 3.34. The molecule has 1 amide bonds. The first-order valence-electron chi connectivity index (χ1n) is 8.58. The quantitative estimate of drug-likeness (QED) is 0.259. The monoisotopic (exact) mass is 760 g/mol. The molecular formula is C19H21FN2O3Pb2. The molecule has 1 heterocycles. The molecule has 2 rings (SSSR count). The Morgan fingerprint density at radius 1 is 1.37 bits per heavy atom. The molecule has 27 heavy (non-hydrogen) atoms. The van der Waals surface area contributed by atoms with Gasteiger partial charge in [-0.2, -0.15) is 0 Å². The van der Waals surface area contributed by atoms with E-state index in [-0.39, 0.29) is 24.8 Å². The summed E-state index contributed by atoms with van der Waals surface area (Å²) in [5.74, 6) is 5.60. The Kier molecular flexibility index (Phi) is 9.14. The summed E-state index contributed by atoms with van der Waals surface area (Å²) in [6.45, 7) is 1.11. The average Bonchev–Trinajstić information content (AvgIpc) is 2.67. The molecule has 5 nitrogen and oxygen atoms in total. The minimum absolute atomic E-state index is 0.0981. The molecule has 140 valence electrons. The van der Waals surface area contributed by atoms with Gasteiger partial charge in [0, 0.05) is 0 Å². The second-order valence-corrected chi connectivity index (χ2v) is 19.6. The van der Waals surface area contributed by atoms with Gasteiger partial charge in [-0.25, -0.2) is 4.39 Å². The second-order valence-electron chi connectivity index (χ2n) is 6.41. The third-order valence-electron chi connectivity index (χ3n) is 4.61. The van der Waals surface area contributed by atoms with Crippen molar-refractivity contribution >= 4 is 63.4 Å². The predicted molar refractivity (Wildman–Crippen MR) is 102 cm³/mol. The van der Waals surface area contributed by atoms with Crippen molar-refractivity contribution in [2.75, 3.05) is 27.2 Å². The molecular weight excluding hydrogens is 738 g/mol. The van der Waals surface area contributed by atoms with Crippen molar-refractivity contribution in [3.63, 3.8) is 0 Å². The zero-order valence-corrected chi connectivity index (χ0v) is 23.1. The first-order chi connectivity index (χ1) is 12.8. The number of hydrogen-bond acceptors (Lipinski definition) is 4. The first kappa shape index (κ1) is 22.7. The molecule has 1 saturated heterocycles. The molecule has 1 aliphatic heterocycles. The van der Waals surface area contributed by atoms with Crippen molar-refractivity contribution in [1.82, 2.24) is 9.80 Å². The van der Waals surface area contributed by atoms with Crippen LogP contribution in [0.5, 0.6) is 0 Å². The number of halogens is 1. The number of carbonyl (C=O) groups is 2. The maximum absolute atomic E-state index is 12.9. The van der Waals surface area contributed by atoms with Gasteiger partial charge in [0.05, 0.1) is 0 Å². The average molecular weight is 759 g/mol.